The number of aryl methyl sites for hydroxylation is 1. The van der Waals surface area contributed by atoms with Crippen LogP contribution in [0.3, 0.4) is 0 Å². The number of allylic oxidation sites excluding steroid dienone is 3. The average molecular weight is 297 g/mol. The standard InChI is InChI=1S/C14H13N.C3H6.2C2H6/c1-15-13-9-4-2-3-7-11(13)12-8-5-6-10-14(12)15;1-3-2;2*1-2/h2,4-10H,3H2,1H3;3H,1H2,2H3;2*1-2H3. The zero-order chi connectivity index (χ0) is 17.0. The minimum atomic E-state index is 1.03. The summed E-state index contributed by atoms with van der Waals surface area (Å²) in [6.07, 6.45) is 11.6. The molecule has 1 nitrogen and oxygen atoms in total. The molecule has 0 aliphatic heterocycles. The molecular formula is C21H31N. The maximum atomic E-state index is 3.36. The van der Waals surface area contributed by atoms with Gasteiger partial charge in [0.1, 0.15) is 0 Å². The monoisotopic (exact) mass is 297 g/mol. The zero-order valence-corrected chi connectivity index (χ0v) is 15.1. The molecular weight excluding hydrogens is 266 g/mol. The SMILES string of the molecule is C=CC.CC.CC.Cn1c2c(c3ccccc31)=CCC=CC=2. The fraction of sp³-hybridized carbons (Fsp3) is 0.333. The van der Waals surface area contributed by atoms with Gasteiger partial charge in [-0.15, -0.1) is 6.58 Å². The van der Waals surface area contributed by atoms with Crippen LogP contribution in [0.4, 0.5) is 0 Å². The van der Waals surface area contributed by atoms with E-state index in [1.165, 1.54) is 21.5 Å². The Hall–Kier alpha value is -2.02. The van der Waals surface area contributed by atoms with Gasteiger partial charge in [-0.2, -0.15) is 0 Å². The van der Waals surface area contributed by atoms with E-state index >= 15 is 0 Å². The van der Waals surface area contributed by atoms with Gasteiger partial charge in [0.05, 0.1) is 0 Å². The fourth-order valence-corrected chi connectivity index (χ4v) is 2.28. The number of para-hydroxylation sites is 1. The molecule has 1 aliphatic rings. The second kappa shape index (κ2) is 11.6. The second-order valence-corrected chi connectivity index (χ2v) is 4.32. The highest BCUT2D eigenvalue weighted by Crippen LogP contribution is 2.07. The Labute approximate surface area is 136 Å². The summed E-state index contributed by atoms with van der Waals surface area (Å²) in [6.45, 7) is 13.2. The molecule has 1 aliphatic carbocycles. The van der Waals surface area contributed by atoms with E-state index in [2.05, 4.69) is 66.8 Å². The summed E-state index contributed by atoms with van der Waals surface area (Å²) in [5, 5.41) is 4.04. The van der Waals surface area contributed by atoms with Crippen LogP contribution in [0.5, 0.6) is 0 Å². The van der Waals surface area contributed by atoms with Crippen LogP contribution in [0.25, 0.3) is 23.1 Å². The van der Waals surface area contributed by atoms with Gasteiger partial charge in [-0.25, -0.2) is 0 Å². The van der Waals surface area contributed by atoms with E-state index in [-0.39, 0.29) is 0 Å². The number of fused-ring (bicyclic) bond motifs is 3. The van der Waals surface area contributed by atoms with Crippen LogP contribution < -0.4 is 10.6 Å². The Kier molecular flexibility index (Phi) is 10.6. The van der Waals surface area contributed by atoms with Crippen molar-refractivity contribution in [1.29, 1.82) is 0 Å². The molecule has 1 heterocycles. The van der Waals surface area contributed by atoms with Crippen molar-refractivity contribution in [3.8, 4) is 0 Å². The molecule has 0 spiro atoms. The first-order valence-corrected chi connectivity index (χ1v) is 8.27. The molecule has 0 saturated heterocycles. The number of nitrogens with zero attached hydrogens (tertiary/aromatic N) is 1. The van der Waals surface area contributed by atoms with Crippen molar-refractivity contribution in [2.45, 2.75) is 41.0 Å². The minimum absolute atomic E-state index is 1.03. The summed E-state index contributed by atoms with van der Waals surface area (Å²) in [5.41, 5.74) is 1.31. The Balaban J connectivity index is 0.000000553. The van der Waals surface area contributed by atoms with Crippen molar-refractivity contribution < 1.29 is 0 Å². The minimum Gasteiger partial charge on any atom is -0.344 e. The summed E-state index contributed by atoms with van der Waals surface area (Å²) in [4.78, 5) is 0. The van der Waals surface area contributed by atoms with Gasteiger partial charge < -0.3 is 4.57 Å². The lowest BCUT2D eigenvalue weighted by molar-refractivity contribution is 0.925. The predicted molar refractivity (Wildman–Crippen MR) is 103 cm³/mol. The van der Waals surface area contributed by atoms with E-state index in [1.807, 2.05) is 34.6 Å². The molecule has 22 heavy (non-hydrogen) atoms. The van der Waals surface area contributed by atoms with Gasteiger partial charge in [0.2, 0.25) is 0 Å². The maximum Gasteiger partial charge on any atom is 0.0488 e. The lowest BCUT2D eigenvalue weighted by Crippen LogP contribution is -2.26. The Bertz CT molecular complexity index is 699. The van der Waals surface area contributed by atoms with Crippen molar-refractivity contribution in [2.24, 2.45) is 7.05 Å². The highest BCUT2D eigenvalue weighted by Gasteiger charge is 2.03. The van der Waals surface area contributed by atoms with Crippen LogP contribution in [-0.2, 0) is 7.05 Å². The Morgan fingerprint density at radius 2 is 1.68 bits per heavy atom. The first kappa shape index (κ1) is 20.0. The fourth-order valence-electron chi connectivity index (χ4n) is 2.28. The normalized spacial score (nSPS) is 10.8. The van der Waals surface area contributed by atoms with Gasteiger partial charge in [-0.05, 0) is 25.5 Å². The van der Waals surface area contributed by atoms with E-state index in [4.69, 9.17) is 0 Å². The highest BCUT2D eigenvalue weighted by atomic mass is 14.9. The van der Waals surface area contributed by atoms with Crippen molar-refractivity contribution >= 4 is 23.1 Å². The van der Waals surface area contributed by atoms with Crippen LogP contribution in [0.15, 0.2) is 49.1 Å². The molecule has 0 fully saturated rings. The lowest BCUT2D eigenvalue weighted by Gasteiger charge is -1.94. The van der Waals surface area contributed by atoms with Crippen LogP contribution in [0.1, 0.15) is 41.0 Å². The molecule has 0 bridgehead atoms. The topological polar surface area (TPSA) is 4.93 Å². The number of hydrogen-bond acceptors (Lipinski definition) is 0. The van der Waals surface area contributed by atoms with E-state index in [0.29, 0.717) is 0 Å². The predicted octanol–water partition coefficient (Wildman–Crippen LogP) is 4.94. The summed E-state index contributed by atoms with van der Waals surface area (Å²) < 4.78 is 2.26. The van der Waals surface area contributed by atoms with Crippen molar-refractivity contribution in [3.05, 3.63) is 59.6 Å². The summed E-state index contributed by atoms with van der Waals surface area (Å²) >= 11 is 0. The van der Waals surface area contributed by atoms with Gasteiger partial charge in [0, 0.05) is 28.5 Å². The molecule has 0 amide bonds. The Morgan fingerprint density at radius 3 is 2.32 bits per heavy atom. The Morgan fingerprint density at radius 1 is 1.09 bits per heavy atom. The quantitative estimate of drug-likeness (QED) is 0.607. The van der Waals surface area contributed by atoms with Gasteiger partial charge in [-0.3, -0.25) is 0 Å². The van der Waals surface area contributed by atoms with Gasteiger partial charge in [-0.1, -0.05) is 70.2 Å². The lowest BCUT2D eigenvalue weighted by atomic mass is 10.2. The van der Waals surface area contributed by atoms with Crippen LogP contribution in [0.2, 0.25) is 0 Å². The molecule has 1 heteroatoms. The van der Waals surface area contributed by atoms with E-state index < -0.39 is 0 Å². The van der Waals surface area contributed by atoms with Crippen molar-refractivity contribution in [2.75, 3.05) is 0 Å². The maximum absolute atomic E-state index is 3.36. The largest absolute Gasteiger partial charge is 0.344 e. The summed E-state index contributed by atoms with van der Waals surface area (Å²) in [7, 11) is 2.13. The van der Waals surface area contributed by atoms with Gasteiger partial charge >= 0.3 is 0 Å². The molecule has 1 aromatic carbocycles. The molecule has 0 N–H and O–H groups in total. The zero-order valence-electron chi connectivity index (χ0n) is 15.1. The molecule has 0 radical (unpaired) electrons. The van der Waals surface area contributed by atoms with E-state index in [9.17, 15) is 0 Å². The number of benzene rings is 1. The molecule has 120 valence electrons. The first-order valence-electron chi connectivity index (χ1n) is 8.27. The van der Waals surface area contributed by atoms with Crippen LogP contribution in [-0.4, -0.2) is 4.57 Å². The van der Waals surface area contributed by atoms with Gasteiger partial charge in [0.15, 0.2) is 0 Å². The third kappa shape index (κ3) is 4.77. The third-order valence-corrected chi connectivity index (χ3v) is 3.04. The van der Waals surface area contributed by atoms with Crippen LogP contribution >= 0.6 is 0 Å². The molecule has 3 rings (SSSR count). The van der Waals surface area contributed by atoms with Crippen molar-refractivity contribution in [3.63, 3.8) is 0 Å². The molecule has 0 atom stereocenters. The third-order valence-electron chi connectivity index (χ3n) is 3.04. The number of hydrogen-bond donors (Lipinski definition) is 0. The van der Waals surface area contributed by atoms with Crippen LogP contribution in [0, 0.1) is 0 Å². The molecule has 1 aromatic heterocycles. The smallest absolute Gasteiger partial charge is 0.0488 e. The van der Waals surface area contributed by atoms with E-state index in [1.54, 1.807) is 6.08 Å². The second-order valence-electron chi connectivity index (χ2n) is 4.32. The number of rotatable bonds is 0. The van der Waals surface area contributed by atoms with Crippen molar-refractivity contribution in [1.82, 2.24) is 4.57 Å². The molecule has 0 unspecified atom stereocenters. The average Bonchev–Trinajstić information content (AvgIpc) is 2.76. The molecule has 2 aromatic rings. The van der Waals surface area contributed by atoms with E-state index in [0.717, 1.165) is 6.42 Å². The van der Waals surface area contributed by atoms with Gasteiger partial charge in [0.25, 0.3) is 0 Å². The summed E-state index contributed by atoms with van der Waals surface area (Å²) in [6, 6.07) is 8.57. The highest BCUT2D eigenvalue weighted by molar-refractivity contribution is 5.82. The summed E-state index contributed by atoms with van der Waals surface area (Å²) in [5.74, 6) is 0. The number of aromatic nitrogens is 1. The molecule has 0 saturated carbocycles. The first-order chi connectivity index (χ1) is 10.8.